The number of aromatic nitrogens is 2. The molecule has 2 fully saturated rings. The van der Waals surface area contributed by atoms with Crippen molar-refractivity contribution in [2.75, 3.05) is 12.4 Å². The average molecular weight is 420 g/mol. The summed E-state index contributed by atoms with van der Waals surface area (Å²) in [6.45, 7) is 1.67. The fourth-order valence-electron chi connectivity index (χ4n) is 4.51. The molecule has 2 aliphatic carbocycles. The summed E-state index contributed by atoms with van der Waals surface area (Å²) in [4.78, 5) is 17.7. The topological polar surface area (TPSA) is 76.4 Å². The Morgan fingerprint density at radius 1 is 1.23 bits per heavy atom. The van der Waals surface area contributed by atoms with Crippen LogP contribution in [0.15, 0.2) is 42.5 Å². The number of imidazole rings is 1. The lowest BCUT2D eigenvalue weighted by molar-refractivity contribution is -0.120. The maximum Gasteiger partial charge on any atom is 0.229 e. The molecule has 162 valence electrons. The molecule has 2 saturated carbocycles. The van der Waals surface area contributed by atoms with Gasteiger partial charge in [0.15, 0.2) is 0 Å². The summed E-state index contributed by atoms with van der Waals surface area (Å²) in [5, 5.41) is 13.9. The first kappa shape index (κ1) is 20.1. The Kier molecular flexibility index (Phi) is 4.97. The fourth-order valence-corrected chi connectivity index (χ4v) is 4.51. The lowest BCUT2D eigenvalue weighted by Gasteiger charge is -2.29. The highest BCUT2D eigenvalue weighted by atomic mass is 16.5. The first-order valence-electron chi connectivity index (χ1n) is 11.1. The molecular formula is C25H29N3O3. The number of nitrogens with one attached hydrogen (secondary N) is 1. The molecule has 1 aromatic heterocycles. The molecule has 1 heterocycles. The highest BCUT2D eigenvalue weighted by Gasteiger charge is 2.32. The average Bonchev–Trinajstić information content (AvgIpc) is 3.50. The van der Waals surface area contributed by atoms with Gasteiger partial charge in [-0.1, -0.05) is 30.3 Å². The second-order valence-corrected chi connectivity index (χ2v) is 9.11. The van der Waals surface area contributed by atoms with Crippen LogP contribution in [0.4, 0.5) is 5.95 Å². The first-order chi connectivity index (χ1) is 15.0. The highest BCUT2D eigenvalue weighted by molar-refractivity contribution is 5.92. The van der Waals surface area contributed by atoms with Crippen molar-refractivity contribution in [2.24, 2.45) is 0 Å². The van der Waals surface area contributed by atoms with Crippen LogP contribution in [-0.2, 0) is 10.4 Å². The van der Waals surface area contributed by atoms with E-state index in [1.165, 1.54) is 24.8 Å². The molecule has 0 bridgehead atoms. The number of anilines is 1. The molecule has 0 saturated heterocycles. The van der Waals surface area contributed by atoms with Gasteiger partial charge in [-0.2, -0.15) is 0 Å². The molecule has 5 rings (SSSR count). The number of carbonyl (C=O) groups is 1. The summed E-state index contributed by atoms with van der Waals surface area (Å²) in [5.41, 5.74) is 2.59. The van der Waals surface area contributed by atoms with Crippen molar-refractivity contribution in [1.82, 2.24) is 9.55 Å². The quantitative estimate of drug-likeness (QED) is 0.572. The van der Waals surface area contributed by atoms with E-state index < -0.39 is 5.60 Å². The van der Waals surface area contributed by atoms with Crippen molar-refractivity contribution < 1.29 is 14.6 Å². The van der Waals surface area contributed by atoms with Gasteiger partial charge in [0, 0.05) is 12.1 Å². The van der Waals surface area contributed by atoms with E-state index in [2.05, 4.69) is 16.0 Å². The number of amides is 1. The van der Waals surface area contributed by atoms with Gasteiger partial charge in [-0.25, -0.2) is 4.98 Å². The zero-order valence-corrected chi connectivity index (χ0v) is 18.1. The third-order valence-electron chi connectivity index (χ3n) is 6.65. The van der Waals surface area contributed by atoms with Gasteiger partial charge in [0.25, 0.3) is 0 Å². The Labute approximate surface area is 182 Å². The fraction of sp³-hybridized carbons (Fsp3) is 0.440. The van der Waals surface area contributed by atoms with E-state index in [0.717, 1.165) is 35.2 Å². The monoisotopic (exact) mass is 419 g/mol. The molecule has 1 atom stereocenters. The predicted octanol–water partition coefficient (Wildman–Crippen LogP) is 4.88. The van der Waals surface area contributed by atoms with E-state index in [1.807, 2.05) is 36.4 Å². The standard InChI is InChI=1S/C25H29N3O3/c1-25(30,17-7-4-3-5-8-17)15-23(29)27-24-26-20-14-22(31-2)19(16-11-12-16)13-21(20)28(24)18-9-6-10-18/h3-5,7-8,13-14,16,18,30H,6,9-12,15H2,1-2H3,(H,26,27,29)/t25-/m0/s1. The molecule has 2 aliphatic rings. The summed E-state index contributed by atoms with van der Waals surface area (Å²) in [6.07, 6.45) is 5.70. The number of aliphatic hydroxyl groups is 1. The van der Waals surface area contributed by atoms with E-state index >= 15 is 0 Å². The van der Waals surface area contributed by atoms with E-state index in [1.54, 1.807) is 14.0 Å². The number of benzene rings is 2. The van der Waals surface area contributed by atoms with E-state index in [0.29, 0.717) is 17.9 Å². The van der Waals surface area contributed by atoms with Gasteiger partial charge in [-0.15, -0.1) is 0 Å². The summed E-state index contributed by atoms with van der Waals surface area (Å²) in [7, 11) is 1.70. The maximum absolute atomic E-state index is 12.9. The number of hydrogen-bond donors (Lipinski definition) is 2. The Morgan fingerprint density at radius 2 is 1.97 bits per heavy atom. The normalized spacial score (nSPS) is 18.4. The molecule has 0 spiro atoms. The van der Waals surface area contributed by atoms with Crippen LogP contribution in [0.3, 0.4) is 0 Å². The molecule has 6 nitrogen and oxygen atoms in total. The number of rotatable bonds is 7. The highest BCUT2D eigenvalue weighted by Crippen LogP contribution is 2.47. The SMILES string of the molecule is COc1cc2nc(NC(=O)C[C@](C)(O)c3ccccc3)n(C3CCC3)c2cc1C1CC1. The lowest BCUT2D eigenvalue weighted by atomic mass is 9.92. The molecule has 2 aromatic carbocycles. The van der Waals surface area contributed by atoms with Crippen LogP contribution in [-0.4, -0.2) is 27.7 Å². The van der Waals surface area contributed by atoms with Crippen LogP contribution in [0.25, 0.3) is 11.0 Å². The summed E-state index contributed by atoms with van der Waals surface area (Å²) >= 11 is 0. The van der Waals surface area contributed by atoms with Gasteiger partial charge in [0.05, 0.1) is 30.2 Å². The van der Waals surface area contributed by atoms with Crippen LogP contribution in [0.5, 0.6) is 5.75 Å². The molecule has 1 amide bonds. The summed E-state index contributed by atoms with van der Waals surface area (Å²) in [5.74, 6) is 1.74. The van der Waals surface area contributed by atoms with Crippen LogP contribution >= 0.6 is 0 Å². The van der Waals surface area contributed by atoms with Crippen molar-refractivity contribution in [3.63, 3.8) is 0 Å². The van der Waals surface area contributed by atoms with Crippen molar-refractivity contribution in [3.05, 3.63) is 53.6 Å². The Balaban J connectivity index is 1.47. The van der Waals surface area contributed by atoms with Crippen molar-refractivity contribution in [2.45, 2.75) is 63.0 Å². The first-order valence-corrected chi connectivity index (χ1v) is 11.1. The van der Waals surface area contributed by atoms with Crippen molar-refractivity contribution in [1.29, 1.82) is 0 Å². The van der Waals surface area contributed by atoms with Crippen LogP contribution < -0.4 is 10.1 Å². The second kappa shape index (κ2) is 7.68. The number of carbonyl (C=O) groups excluding carboxylic acids is 1. The van der Waals surface area contributed by atoms with Gasteiger partial charge in [0.2, 0.25) is 11.9 Å². The molecule has 0 unspecified atom stereocenters. The van der Waals surface area contributed by atoms with Gasteiger partial charge < -0.3 is 14.4 Å². The largest absolute Gasteiger partial charge is 0.496 e. The van der Waals surface area contributed by atoms with Crippen molar-refractivity contribution >= 4 is 22.9 Å². The molecule has 6 heteroatoms. The van der Waals surface area contributed by atoms with Gasteiger partial charge in [-0.05, 0) is 62.1 Å². The molecule has 0 radical (unpaired) electrons. The van der Waals surface area contributed by atoms with Crippen molar-refractivity contribution in [3.8, 4) is 5.75 Å². The summed E-state index contributed by atoms with van der Waals surface area (Å²) < 4.78 is 7.81. The number of fused-ring (bicyclic) bond motifs is 1. The Hall–Kier alpha value is -2.86. The molecular weight excluding hydrogens is 390 g/mol. The Morgan fingerprint density at radius 3 is 2.58 bits per heavy atom. The smallest absolute Gasteiger partial charge is 0.229 e. The van der Waals surface area contributed by atoms with Crippen LogP contribution in [0, 0.1) is 0 Å². The number of hydrogen-bond acceptors (Lipinski definition) is 4. The van der Waals surface area contributed by atoms with E-state index in [4.69, 9.17) is 9.72 Å². The molecule has 3 aromatic rings. The minimum Gasteiger partial charge on any atom is -0.496 e. The zero-order valence-electron chi connectivity index (χ0n) is 18.1. The maximum atomic E-state index is 12.9. The van der Waals surface area contributed by atoms with E-state index in [-0.39, 0.29) is 12.3 Å². The molecule has 2 N–H and O–H groups in total. The number of nitrogens with zero attached hydrogens (tertiary/aromatic N) is 2. The van der Waals surface area contributed by atoms with Gasteiger partial charge >= 0.3 is 0 Å². The Bertz CT molecular complexity index is 1110. The van der Waals surface area contributed by atoms with Gasteiger partial charge in [0.1, 0.15) is 5.75 Å². The number of ether oxygens (including phenoxy) is 1. The minimum atomic E-state index is -1.25. The molecule has 31 heavy (non-hydrogen) atoms. The lowest BCUT2D eigenvalue weighted by Crippen LogP contribution is -2.30. The molecule has 0 aliphatic heterocycles. The minimum absolute atomic E-state index is 0.0401. The van der Waals surface area contributed by atoms with Crippen LogP contribution in [0.1, 0.15) is 68.5 Å². The summed E-state index contributed by atoms with van der Waals surface area (Å²) in [6, 6.07) is 13.8. The number of methoxy groups -OCH3 is 1. The van der Waals surface area contributed by atoms with Gasteiger partial charge in [-0.3, -0.25) is 10.1 Å². The predicted molar refractivity (Wildman–Crippen MR) is 120 cm³/mol. The third-order valence-corrected chi connectivity index (χ3v) is 6.65. The van der Waals surface area contributed by atoms with Crippen LogP contribution in [0.2, 0.25) is 0 Å². The van der Waals surface area contributed by atoms with E-state index in [9.17, 15) is 9.90 Å². The zero-order chi connectivity index (χ0) is 21.6. The second-order valence-electron chi connectivity index (χ2n) is 9.11. The third kappa shape index (κ3) is 3.81.